The van der Waals surface area contributed by atoms with E-state index in [0.717, 1.165) is 5.56 Å². The first-order valence-electron chi connectivity index (χ1n) is 5.50. The average Bonchev–Trinajstić information content (AvgIpc) is 2.30. The second-order valence-corrected chi connectivity index (χ2v) is 3.87. The lowest BCUT2D eigenvalue weighted by molar-refractivity contribution is -0.138. The molecule has 0 atom stereocenters. The van der Waals surface area contributed by atoms with E-state index in [0.29, 0.717) is 24.3 Å². The van der Waals surface area contributed by atoms with Crippen molar-refractivity contribution in [3.63, 3.8) is 0 Å². The minimum Gasteiger partial charge on any atom is -0.462 e. The van der Waals surface area contributed by atoms with Crippen LogP contribution < -0.4 is 11.5 Å². The Morgan fingerprint density at radius 2 is 1.94 bits per heavy atom. The van der Waals surface area contributed by atoms with Crippen LogP contribution in [0, 0.1) is 0 Å². The zero-order chi connectivity index (χ0) is 13.5. The van der Waals surface area contributed by atoms with Gasteiger partial charge in [0.1, 0.15) is 0 Å². The number of carbonyl (C=O) groups excluding carboxylic acids is 1. The van der Waals surface area contributed by atoms with Gasteiger partial charge in [0.25, 0.3) is 0 Å². The molecule has 0 bridgehead atoms. The Balaban J connectivity index is 2.47. The Kier molecular flexibility index (Phi) is 4.92. The summed E-state index contributed by atoms with van der Waals surface area (Å²) in [5, 5.41) is 0. The highest BCUT2D eigenvalue weighted by Crippen LogP contribution is 2.13. The number of benzene rings is 1. The molecular weight excluding hydrogens is 230 g/mol. The Labute approximate surface area is 106 Å². The first-order valence-corrected chi connectivity index (χ1v) is 5.50. The molecule has 0 aromatic heterocycles. The third kappa shape index (κ3) is 4.69. The fourth-order valence-electron chi connectivity index (χ4n) is 1.27. The van der Waals surface area contributed by atoms with Gasteiger partial charge in [0.15, 0.2) is 5.96 Å². The van der Waals surface area contributed by atoms with Gasteiger partial charge in [0.05, 0.1) is 12.3 Å². The third-order valence-electron chi connectivity index (χ3n) is 2.17. The lowest BCUT2D eigenvalue weighted by atomic mass is 10.1. The minimum absolute atomic E-state index is 0.0261. The molecule has 0 radical (unpaired) electrons. The van der Waals surface area contributed by atoms with E-state index in [-0.39, 0.29) is 11.9 Å². The summed E-state index contributed by atoms with van der Waals surface area (Å²) in [6.07, 6.45) is 0.640. The molecule has 0 heterocycles. The number of guanidine groups is 1. The fraction of sp³-hybridized carbons (Fsp3) is 0.231. The Morgan fingerprint density at radius 3 is 2.44 bits per heavy atom. The van der Waals surface area contributed by atoms with Gasteiger partial charge in [-0.3, -0.25) is 0 Å². The maximum atomic E-state index is 11.1. The quantitative estimate of drug-likeness (QED) is 0.354. The second-order valence-electron chi connectivity index (χ2n) is 3.87. The molecule has 1 aromatic rings. The zero-order valence-corrected chi connectivity index (χ0v) is 10.3. The van der Waals surface area contributed by atoms with E-state index in [1.165, 1.54) is 0 Å². The Hall–Kier alpha value is -2.30. The van der Waals surface area contributed by atoms with Gasteiger partial charge < -0.3 is 16.2 Å². The Bertz CT molecular complexity index is 460. The number of carbonyl (C=O) groups is 1. The molecule has 0 aliphatic rings. The van der Waals surface area contributed by atoms with Crippen molar-refractivity contribution >= 4 is 17.6 Å². The molecule has 0 saturated carbocycles. The predicted molar refractivity (Wildman–Crippen MR) is 71.4 cm³/mol. The van der Waals surface area contributed by atoms with Crippen molar-refractivity contribution in [1.82, 2.24) is 0 Å². The van der Waals surface area contributed by atoms with Gasteiger partial charge >= 0.3 is 5.97 Å². The van der Waals surface area contributed by atoms with E-state index in [2.05, 4.69) is 11.6 Å². The first-order chi connectivity index (χ1) is 8.49. The highest BCUT2D eigenvalue weighted by atomic mass is 16.5. The summed E-state index contributed by atoms with van der Waals surface area (Å²) in [6, 6.07) is 7.37. The van der Waals surface area contributed by atoms with Gasteiger partial charge in [0, 0.05) is 12.0 Å². The van der Waals surface area contributed by atoms with Crippen LogP contribution in [0.5, 0.6) is 0 Å². The lowest BCUT2D eigenvalue weighted by Gasteiger charge is -2.04. The number of nitrogens with two attached hydrogens (primary N) is 2. The van der Waals surface area contributed by atoms with Crippen molar-refractivity contribution in [1.29, 1.82) is 0 Å². The van der Waals surface area contributed by atoms with Crippen LogP contribution >= 0.6 is 0 Å². The van der Waals surface area contributed by atoms with Crippen LogP contribution in [0.15, 0.2) is 41.4 Å². The molecule has 0 saturated heterocycles. The van der Waals surface area contributed by atoms with Crippen LogP contribution in [0.1, 0.15) is 12.5 Å². The number of hydrogen-bond donors (Lipinski definition) is 2. The van der Waals surface area contributed by atoms with Gasteiger partial charge in [-0.1, -0.05) is 18.7 Å². The van der Waals surface area contributed by atoms with Gasteiger partial charge in [-0.15, -0.1) is 0 Å². The summed E-state index contributed by atoms with van der Waals surface area (Å²) in [5.41, 5.74) is 12.7. The number of nitrogens with zero attached hydrogens (tertiary/aromatic N) is 1. The molecule has 0 aliphatic carbocycles. The monoisotopic (exact) mass is 247 g/mol. The van der Waals surface area contributed by atoms with Crippen molar-refractivity contribution < 1.29 is 9.53 Å². The average molecular weight is 247 g/mol. The van der Waals surface area contributed by atoms with Crippen LogP contribution in [-0.4, -0.2) is 18.5 Å². The molecule has 1 aromatic carbocycles. The van der Waals surface area contributed by atoms with E-state index in [4.69, 9.17) is 16.2 Å². The lowest BCUT2D eigenvalue weighted by Crippen LogP contribution is -2.21. The van der Waals surface area contributed by atoms with Crippen molar-refractivity contribution in [3.05, 3.63) is 42.0 Å². The van der Waals surface area contributed by atoms with Gasteiger partial charge in [0.2, 0.25) is 0 Å². The first kappa shape index (κ1) is 13.8. The number of hydrogen-bond acceptors (Lipinski definition) is 3. The number of ether oxygens (including phenoxy) is 1. The predicted octanol–water partition coefficient (Wildman–Crippen LogP) is 1.25. The van der Waals surface area contributed by atoms with Crippen molar-refractivity contribution in [2.75, 3.05) is 6.61 Å². The molecule has 0 spiro atoms. The molecular formula is C13H17N3O2. The highest BCUT2D eigenvalue weighted by Gasteiger charge is 2.02. The van der Waals surface area contributed by atoms with Gasteiger partial charge in [-0.05, 0) is 24.6 Å². The summed E-state index contributed by atoms with van der Waals surface area (Å²) < 4.78 is 5.00. The molecule has 0 amide bonds. The molecule has 5 heteroatoms. The largest absolute Gasteiger partial charge is 0.462 e. The maximum absolute atomic E-state index is 11.1. The number of rotatable bonds is 5. The molecule has 1 rings (SSSR count). The van der Waals surface area contributed by atoms with Crippen LogP contribution in [0.2, 0.25) is 0 Å². The van der Waals surface area contributed by atoms with E-state index < -0.39 is 0 Å². The zero-order valence-electron chi connectivity index (χ0n) is 10.3. The van der Waals surface area contributed by atoms with E-state index in [9.17, 15) is 4.79 Å². The smallest absolute Gasteiger partial charge is 0.333 e. The van der Waals surface area contributed by atoms with E-state index in [1.807, 2.05) is 12.1 Å². The SMILES string of the molecule is C=C(C)C(=O)OCCc1ccc(N=C(N)N)cc1. The molecule has 5 nitrogen and oxygen atoms in total. The van der Waals surface area contributed by atoms with Gasteiger partial charge in [-0.25, -0.2) is 9.79 Å². The summed E-state index contributed by atoms with van der Waals surface area (Å²) in [5.74, 6) is -0.342. The Morgan fingerprint density at radius 1 is 1.33 bits per heavy atom. The molecule has 18 heavy (non-hydrogen) atoms. The number of esters is 1. The van der Waals surface area contributed by atoms with Crippen molar-refractivity contribution in [2.45, 2.75) is 13.3 Å². The molecule has 0 unspecified atom stereocenters. The van der Waals surface area contributed by atoms with E-state index >= 15 is 0 Å². The molecule has 4 N–H and O–H groups in total. The summed E-state index contributed by atoms with van der Waals surface area (Å²) in [4.78, 5) is 15.0. The van der Waals surface area contributed by atoms with Crippen LogP contribution in [0.4, 0.5) is 5.69 Å². The van der Waals surface area contributed by atoms with Crippen LogP contribution in [-0.2, 0) is 16.0 Å². The second kappa shape index (κ2) is 6.44. The standard InChI is InChI=1S/C13H17N3O2/c1-9(2)12(17)18-8-7-10-3-5-11(6-4-10)16-13(14)15/h3-6H,1,7-8H2,2H3,(H4,14,15,16). The van der Waals surface area contributed by atoms with Crippen LogP contribution in [0.3, 0.4) is 0 Å². The third-order valence-corrected chi connectivity index (χ3v) is 2.17. The summed E-state index contributed by atoms with van der Waals surface area (Å²) in [7, 11) is 0. The van der Waals surface area contributed by atoms with E-state index in [1.54, 1.807) is 19.1 Å². The van der Waals surface area contributed by atoms with Crippen molar-refractivity contribution in [3.8, 4) is 0 Å². The fourth-order valence-corrected chi connectivity index (χ4v) is 1.27. The number of aliphatic imine (C=N–C) groups is 1. The molecule has 0 fully saturated rings. The summed E-state index contributed by atoms with van der Waals surface area (Å²) in [6.45, 7) is 5.45. The van der Waals surface area contributed by atoms with Gasteiger partial charge in [-0.2, -0.15) is 0 Å². The van der Waals surface area contributed by atoms with Crippen molar-refractivity contribution in [2.24, 2.45) is 16.5 Å². The molecule has 96 valence electrons. The minimum atomic E-state index is -0.368. The topological polar surface area (TPSA) is 90.7 Å². The maximum Gasteiger partial charge on any atom is 0.333 e. The normalized spacial score (nSPS) is 9.61. The summed E-state index contributed by atoms with van der Waals surface area (Å²) >= 11 is 0. The molecule has 0 aliphatic heterocycles. The van der Waals surface area contributed by atoms with Crippen LogP contribution in [0.25, 0.3) is 0 Å². The highest BCUT2D eigenvalue weighted by molar-refractivity contribution is 5.86.